The third-order valence-corrected chi connectivity index (χ3v) is 2.15. The van der Waals surface area contributed by atoms with Crippen molar-refractivity contribution in [3.63, 3.8) is 0 Å². The Morgan fingerprint density at radius 2 is 1.84 bits per heavy atom. The predicted octanol–water partition coefficient (Wildman–Crippen LogP) is 0.122. The number of hydrogen-bond donors (Lipinski definition) is 2. The van der Waals surface area contributed by atoms with Crippen molar-refractivity contribution in [2.24, 2.45) is 11.7 Å². The van der Waals surface area contributed by atoms with E-state index >= 15 is 0 Å². The first-order valence-corrected chi connectivity index (χ1v) is 5.92. The predicted molar refractivity (Wildman–Crippen MR) is 70.4 cm³/mol. The van der Waals surface area contributed by atoms with Gasteiger partial charge < -0.3 is 20.6 Å². The average molecular weight is 271 g/mol. The Kier molecular flexibility index (Phi) is 7.25. The van der Waals surface area contributed by atoms with E-state index in [9.17, 15) is 14.4 Å². The molecule has 7 nitrogen and oxygen atoms in total. The molecule has 19 heavy (non-hydrogen) atoms. The Labute approximate surface area is 112 Å². The number of rotatable bonds is 8. The van der Waals surface area contributed by atoms with Crippen molar-refractivity contribution in [1.29, 1.82) is 0 Å². The zero-order valence-electron chi connectivity index (χ0n) is 11.3. The van der Waals surface area contributed by atoms with Gasteiger partial charge in [0.25, 0.3) is 0 Å². The van der Waals surface area contributed by atoms with Crippen LogP contribution in [-0.2, 0) is 9.59 Å². The molecule has 7 heteroatoms. The fourth-order valence-electron chi connectivity index (χ4n) is 1.57. The maximum absolute atomic E-state index is 12.2. The van der Waals surface area contributed by atoms with Crippen LogP contribution >= 0.6 is 0 Å². The molecule has 0 aromatic heterocycles. The highest BCUT2D eigenvalue weighted by Crippen LogP contribution is 2.04. The molecule has 0 aromatic carbocycles. The fraction of sp³-hybridized carbons (Fsp3) is 0.583. The highest BCUT2D eigenvalue weighted by atomic mass is 16.4. The highest BCUT2D eigenvalue weighted by Gasteiger charge is 2.23. The molecular weight excluding hydrogens is 250 g/mol. The second-order valence-electron chi connectivity index (χ2n) is 4.59. The Bertz CT molecular complexity index is 355. The smallest absolute Gasteiger partial charge is 0.323 e. The summed E-state index contributed by atoms with van der Waals surface area (Å²) >= 11 is 0. The summed E-state index contributed by atoms with van der Waals surface area (Å²) in [5.74, 6) is -1.62. The summed E-state index contributed by atoms with van der Waals surface area (Å²) in [5.41, 5.74) is 5.09. The molecule has 0 saturated heterocycles. The Hall–Kier alpha value is -2.05. The molecular formula is C12H21N3O4. The van der Waals surface area contributed by atoms with Crippen LogP contribution in [-0.4, -0.2) is 59.0 Å². The van der Waals surface area contributed by atoms with Gasteiger partial charge in [-0.3, -0.25) is 9.59 Å². The number of carboxylic acids is 1. The summed E-state index contributed by atoms with van der Waals surface area (Å²) in [6, 6.07) is -0.533. The number of nitrogens with two attached hydrogens (primary N) is 1. The normalized spacial score (nSPS) is 10.1. The first-order chi connectivity index (χ1) is 8.77. The van der Waals surface area contributed by atoms with Gasteiger partial charge in [-0.15, -0.1) is 6.58 Å². The van der Waals surface area contributed by atoms with E-state index in [0.717, 1.165) is 4.90 Å². The molecule has 0 saturated carbocycles. The number of aliphatic carboxylic acids is 1. The lowest BCUT2D eigenvalue weighted by Crippen LogP contribution is -2.49. The maximum Gasteiger partial charge on any atom is 0.323 e. The van der Waals surface area contributed by atoms with Crippen LogP contribution in [0.5, 0.6) is 0 Å². The topological polar surface area (TPSA) is 104 Å². The van der Waals surface area contributed by atoms with Gasteiger partial charge in [-0.2, -0.15) is 0 Å². The largest absolute Gasteiger partial charge is 0.480 e. The maximum atomic E-state index is 12.2. The molecule has 0 fully saturated rings. The van der Waals surface area contributed by atoms with Crippen LogP contribution in [0.2, 0.25) is 0 Å². The van der Waals surface area contributed by atoms with Crippen LogP contribution in [0.3, 0.4) is 0 Å². The summed E-state index contributed by atoms with van der Waals surface area (Å²) in [4.78, 5) is 36.2. The Balaban J connectivity index is 4.92. The van der Waals surface area contributed by atoms with Crippen molar-refractivity contribution in [2.75, 3.05) is 26.2 Å². The first-order valence-electron chi connectivity index (χ1n) is 5.92. The van der Waals surface area contributed by atoms with Gasteiger partial charge in [0.15, 0.2) is 0 Å². The standard InChI is InChI=1S/C12H21N3O4/c1-4-5-14(8-11(17)18)12(19)15(6-9(2)3)7-10(13)16/h4,9H,1,5-8H2,2-3H3,(H2,13,16)(H,17,18). The first kappa shape index (κ1) is 16.9. The van der Waals surface area contributed by atoms with E-state index in [1.165, 1.54) is 11.0 Å². The van der Waals surface area contributed by atoms with Crippen LogP contribution in [0.25, 0.3) is 0 Å². The van der Waals surface area contributed by atoms with Crippen LogP contribution in [0, 0.1) is 5.92 Å². The minimum absolute atomic E-state index is 0.0957. The number of amides is 3. The van der Waals surface area contributed by atoms with Crippen LogP contribution in [0.15, 0.2) is 12.7 Å². The lowest BCUT2D eigenvalue weighted by atomic mass is 10.2. The summed E-state index contributed by atoms with van der Waals surface area (Å²) in [7, 11) is 0. The van der Waals surface area contributed by atoms with E-state index in [-0.39, 0.29) is 19.0 Å². The molecule has 0 aromatic rings. The SMILES string of the molecule is C=CCN(CC(=O)O)C(=O)N(CC(N)=O)CC(C)C. The molecule has 0 rings (SSSR count). The van der Waals surface area contributed by atoms with Crippen molar-refractivity contribution < 1.29 is 19.5 Å². The van der Waals surface area contributed by atoms with Crippen LogP contribution < -0.4 is 5.73 Å². The van der Waals surface area contributed by atoms with E-state index in [0.29, 0.717) is 6.54 Å². The molecule has 0 radical (unpaired) electrons. The zero-order chi connectivity index (χ0) is 15.0. The van der Waals surface area contributed by atoms with Crippen molar-refractivity contribution in [3.05, 3.63) is 12.7 Å². The fourth-order valence-corrected chi connectivity index (χ4v) is 1.57. The van der Waals surface area contributed by atoms with Gasteiger partial charge in [-0.05, 0) is 5.92 Å². The van der Waals surface area contributed by atoms with Crippen molar-refractivity contribution in [2.45, 2.75) is 13.8 Å². The molecule has 0 aliphatic rings. The number of primary amides is 1. The van der Waals surface area contributed by atoms with Crippen LogP contribution in [0.1, 0.15) is 13.8 Å². The summed E-state index contributed by atoms with van der Waals surface area (Å²) in [6.07, 6.45) is 1.43. The van der Waals surface area contributed by atoms with E-state index in [4.69, 9.17) is 10.8 Å². The van der Waals surface area contributed by atoms with Gasteiger partial charge in [0.2, 0.25) is 5.91 Å². The van der Waals surface area contributed by atoms with Gasteiger partial charge in [0.05, 0.1) is 0 Å². The van der Waals surface area contributed by atoms with Crippen LogP contribution in [0.4, 0.5) is 4.79 Å². The molecule has 0 aliphatic carbocycles. The lowest BCUT2D eigenvalue weighted by Gasteiger charge is -2.29. The zero-order valence-corrected chi connectivity index (χ0v) is 11.3. The number of hydrogen-bond acceptors (Lipinski definition) is 3. The molecule has 0 unspecified atom stereocenters. The number of carboxylic acid groups (broad SMARTS) is 1. The van der Waals surface area contributed by atoms with E-state index in [1.54, 1.807) is 0 Å². The Morgan fingerprint density at radius 3 is 2.21 bits per heavy atom. The Morgan fingerprint density at radius 1 is 1.26 bits per heavy atom. The molecule has 0 aliphatic heterocycles. The third-order valence-electron chi connectivity index (χ3n) is 2.15. The van der Waals surface area contributed by atoms with Gasteiger partial charge in [0, 0.05) is 13.1 Å². The van der Waals surface area contributed by atoms with Gasteiger partial charge in [0.1, 0.15) is 13.1 Å². The minimum Gasteiger partial charge on any atom is -0.480 e. The second kappa shape index (κ2) is 8.12. The molecule has 108 valence electrons. The van der Waals surface area contributed by atoms with Gasteiger partial charge in [-0.1, -0.05) is 19.9 Å². The van der Waals surface area contributed by atoms with Gasteiger partial charge in [-0.25, -0.2) is 4.79 Å². The molecule has 3 N–H and O–H groups in total. The lowest BCUT2D eigenvalue weighted by molar-refractivity contribution is -0.137. The van der Waals surface area contributed by atoms with E-state index in [2.05, 4.69) is 6.58 Å². The van der Waals surface area contributed by atoms with Crippen molar-refractivity contribution >= 4 is 17.9 Å². The number of nitrogens with zero attached hydrogens (tertiary/aromatic N) is 2. The third kappa shape index (κ3) is 7.07. The number of carbonyl (C=O) groups is 3. The summed E-state index contributed by atoms with van der Waals surface area (Å²) < 4.78 is 0. The number of urea groups is 1. The van der Waals surface area contributed by atoms with Crippen molar-refractivity contribution in [1.82, 2.24) is 9.80 Å². The second-order valence-corrected chi connectivity index (χ2v) is 4.59. The highest BCUT2D eigenvalue weighted by molar-refractivity contribution is 5.85. The minimum atomic E-state index is -1.13. The average Bonchev–Trinajstić information content (AvgIpc) is 2.24. The number of carbonyl (C=O) groups excluding carboxylic acids is 2. The van der Waals surface area contributed by atoms with E-state index in [1.807, 2.05) is 13.8 Å². The summed E-state index contributed by atoms with van der Waals surface area (Å²) in [5, 5.41) is 8.77. The summed E-state index contributed by atoms with van der Waals surface area (Å²) in [6.45, 7) is 6.99. The molecule has 0 atom stereocenters. The molecule has 0 bridgehead atoms. The quantitative estimate of drug-likeness (QED) is 0.612. The molecule has 0 heterocycles. The molecule has 0 spiro atoms. The van der Waals surface area contributed by atoms with E-state index < -0.39 is 24.5 Å². The monoisotopic (exact) mass is 271 g/mol. The van der Waals surface area contributed by atoms with Crippen molar-refractivity contribution in [3.8, 4) is 0 Å². The molecule has 3 amide bonds. The van der Waals surface area contributed by atoms with Gasteiger partial charge >= 0.3 is 12.0 Å².